The molecule has 1 saturated heterocycles. The Hall–Kier alpha value is -3.10. The average Bonchev–Trinajstić information content (AvgIpc) is 3.42. The number of carbonyl (C=O) groups excluding carboxylic acids is 1. The summed E-state index contributed by atoms with van der Waals surface area (Å²) in [6.45, 7) is 2.34. The second-order valence-corrected chi connectivity index (χ2v) is 10.8. The Morgan fingerprint density at radius 2 is 2.03 bits per heavy atom. The molecule has 38 heavy (non-hydrogen) atoms. The van der Waals surface area contributed by atoms with Crippen molar-refractivity contribution in [2.45, 2.75) is 43.8 Å². The molecule has 3 heterocycles. The number of esters is 1. The molecular formula is C23H31N6O8P. The van der Waals surface area contributed by atoms with Gasteiger partial charge in [-0.05, 0) is 38.1 Å². The van der Waals surface area contributed by atoms with Crippen molar-refractivity contribution in [2.75, 3.05) is 25.5 Å². The Morgan fingerprint density at radius 3 is 2.74 bits per heavy atom. The molecule has 0 saturated carbocycles. The molecule has 1 fully saturated rings. The van der Waals surface area contributed by atoms with Gasteiger partial charge in [-0.3, -0.25) is 9.32 Å². The molecule has 0 amide bonds. The maximum atomic E-state index is 13.6. The highest BCUT2D eigenvalue weighted by Crippen LogP contribution is 2.48. The first kappa shape index (κ1) is 27.9. The van der Waals surface area contributed by atoms with E-state index in [4.69, 9.17) is 30.0 Å². The predicted octanol–water partition coefficient (Wildman–Crippen LogP) is 0.547. The minimum Gasteiger partial charge on any atom is -0.463 e. The Balaban J connectivity index is 1.48. The summed E-state index contributed by atoms with van der Waals surface area (Å²) in [4.78, 5) is 15.5. The molecule has 1 aliphatic heterocycles. The van der Waals surface area contributed by atoms with Gasteiger partial charge in [-0.1, -0.05) is 18.2 Å². The number of nitrogens with two attached hydrogens (primary N) is 2. The van der Waals surface area contributed by atoms with Crippen LogP contribution in [0.4, 0.5) is 5.82 Å². The molecule has 0 spiro atoms. The van der Waals surface area contributed by atoms with Crippen LogP contribution in [-0.4, -0.2) is 74.4 Å². The highest BCUT2D eigenvalue weighted by atomic mass is 31.2. The average molecular weight is 551 g/mol. The Kier molecular flexibility index (Phi) is 8.33. The van der Waals surface area contributed by atoms with Gasteiger partial charge < -0.3 is 35.7 Å². The van der Waals surface area contributed by atoms with Crippen LogP contribution >= 0.6 is 7.75 Å². The van der Waals surface area contributed by atoms with Crippen molar-refractivity contribution in [3.05, 3.63) is 54.5 Å². The van der Waals surface area contributed by atoms with Crippen LogP contribution in [0.25, 0.3) is 5.52 Å². The van der Waals surface area contributed by atoms with Crippen LogP contribution in [0.2, 0.25) is 0 Å². The monoisotopic (exact) mass is 550 g/mol. The molecule has 7 N–H and O–H groups in total. The van der Waals surface area contributed by atoms with Gasteiger partial charge in [0.1, 0.15) is 54.2 Å². The van der Waals surface area contributed by atoms with E-state index in [1.54, 1.807) is 42.5 Å². The first-order chi connectivity index (χ1) is 18.0. The number of fused-ring (bicyclic) bond motifs is 1. The SMILES string of the molecule is C[C@H](N)C(=O)OCCNP(=O)(OC[C@@]1(C)O[C@@H](c2ccc3c(N)ncnn23)[C@H](O)[C@@H]1O)Oc1ccccc1. The zero-order valence-electron chi connectivity index (χ0n) is 20.8. The van der Waals surface area contributed by atoms with Gasteiger partial charge in [-0.2, -0.15) is 5.10 Å². The fourth-order valence-corrected chi connectivity index (χ4v) is 5.30. The number of nitrogens with one attached hydrogen (secondary N) is 1. The lowest BCUT2D eigenvalue weighted by molar-refractivity contribution is -0.144. The van der Waals surface area contributed by atoms with Crippen LogP contribution in [0.5, 0.6) is 5.75 Å². The van der Waals surface area contributed by atoms with E-state index in [1.807, 2.05) is 0 Å². The number of aliphatic hydroxyl groups excluding tert-OH is 2. The number of para-hydroxylation sites is 1. The number of benzene rings is 1. The summed E-state index contributed by atoms with van der Waals surface area (Å²) in [6, 6.07) is 10.8. The topological polar surface area (TPSA) is 206 Å². The maximum Gasteiger partial charge on any atom is 0.458 e. The highest BCUT2D eigenvalue weighted by Gasteiger charge is 2.53. The zero-order valence-corrected chi connectivity index (χ0v) is 21.7. The van der Waals surface area contributed by atoms with Crippen LogP contribution in [0.3, 0.4) is 0 Å². The second-order valence-electron chi connectivity index (χ2n) is 9.03. The van der Waals surface area contributed by atoms with Gasteiger partial charge in [-0.25, -0.2) is 19.2 Å². The summed E-state index contributed by atoms with van der Waals surface area (Å²) in [6.07, 6.45) is -2.52. The molecule has 6 atom stereocenters. The molecular weight excluding hydrogens is 519 g/mol. The van der Waals surface area contributed by atoms with Crippen LogP contribution in [0, 0.1) is 0 Å². The first-order valence-corrected chi connectivity index (χ1v) is 13.4. The standard InChI is InChI=1S/C23H31N6O8P/c1-14(24)22(32)34-11-10-28-38(33,37-15-6-4-3-5-7-15)35-12-23(2)20(31)18(30)19(36-23)16-8-9-17-21(25)26-13-27-29(16)17/h3-9,13-14,18-20,30-31H,10-12,24H2,1-2H3,(H,28,33)(H2,25,26,27)/t14-,18-,19-,20-,23+,38?/m0/s1. The summed E-state index contributed by atoms with van der Waals surface area (Å²) in [7, 11) is -4.08. The molecule has 2 aromatic heterocycles. The maximum absolute atomic E-state index is 13.6. The summed E-state index contributed by atoms with van der Waals surface area (Å²) in [5.41, 5.74) is 10.8. The van der Waals surface area contributed by atoms with Gasteiger partial charge in [0.25, 0.3) is 0 Å². The summed E-state index contributed by atoms with van der Waals surface area (Å²) in [5.74, 6) is -0.127. The lowest BCUT2D eigenvalue weighted by Gasteiger charge is -2.29. The van der Waals surface area contributed by atoms with E-state index >= 15 is 0 Å². The normalized spacial score (nSPS) is 25.7. The van der Waals surface area contributed by atoms with Crippen molar-refractivity contribution < 1.29 is 38.1 Å². The van der Waals surface area contributed by atoms with E-state index in [-0.39, 0.29) is 24.7 Å². The molecule has 1 aromatic carbocycles. The minimum atomic E-state index is -4.08. The first-order valence-electron chi connectivity index (χ1n) is 11.8. The van der Waals surface area contributed by atoms with Gasteiger partial charge >= 0.3 is 13.7 Å². The van der Waals surface area contributed by atoms with Crippen molar-refractivity contribution >= 4 is 25.1 Å². The predicted molar refractivity (Wildman–Crippen MR) is 135 cm³/mol. The Morgan fingerprint density at radius 1 is 1.29 bits per heavy atom. The summed E-state index contributed by atoms with van der Waals surface area (Å²) >= 11 is 0. The molecule has 206 valence electrons. The van der Waals surface area contributed by atoms with E-state index in [0.717, 1.165) is 0 Å². The van der Waals surface area contributed by atoms with E-state index in [2.05, 4.69) is 15.2 Å². The highest BCUT2D eigenvalue weighted by molar-refractivity contribution is 7.52. The number of aliphatic hydroxyl groups is 2. The van der Waals surface area contributed by atoms with Crippen LogP contribution in [-0.2, 0) is 23.4 Å². The third kappa shape index (κ3) is 5.97. The number of hydrogen-bond acceptors (Lipinski definition) is 12. The van der Waals surface area contributed by atoms with Crippen molar-refractivity contribution in [1.29, 1.82) is 0 Å². The van der Waals surface area contributed by atoms with Gasteiger partial charge in [0.15, 0.2) is 5.82 Å². The number of rotatable bonds is 11. The molecule has 1 unspecified atom stereocenters. The quantitative estimate of drug-likeness (QED) is 0.126. The van der Waals surface area contributed by atoms with Crippen molar-refractivity contribution in [3.8, 4) is 5.75 Å². The molecule has 4 rings (SSSR count). The summed E-state index contributed by atoms with van der Waals surface area (Å²) in [5, 5.41) is 28.5. The fraction of sp³-hybridized carbons (Fsp3) is 0.435. The third-order valence-corrected chi connectivity index (χ3v) is 7.50. The van der Waals surface area contributed by atoms with Gasteiger partial charge in [0.2, 0.25) is 0 Å². The molecule has 15 heteroatoms. The van der Waals surface area contributed by atoms with E-state index in [0.29, 0.717) is 11.2 Å². The van der Waals surface area contributed by atoms with E-state index in [9.17, 15) is 19.6 Å². The van der Waals surface area contributed by atoms with Crippen molar-refractivity contribution in [1.82, 2.24) is 19.7 Å². The smallest absolute Gasteiger partial charge is 0.458 e. The van der Waals surface area contributed by atoms with Crippen molar-refractivity contribution in [3.63, 3.8) is 0 Å². The van der Waals surface area contributed by atoms with Crippen LogP contribution in [0.15, 0.2) is 48.8 Å². The van der Waals surface area contributed by atoms with E-state index < -0.39 is 50.3 Å². The Labute approximate surface area is 218 Å². The second kappa shape index (κ2) is 11.3. The number of carbonyl (C=O) groups is 1. The van der Waals surface area contributed by atoms with Gasteiger partial charge in [0, 0.05) is 6.54 Å². The molecule has 0 radical (unpaired) electrons. The molecule has 1 aliphatic rings. The lowest BCUT2D eigenvalue weighted by Crippen LogP contribution is -2.44. The largest absolute Gasteiger partial charge is 0.463 e. The summed E-state index contributed by atoms with van der Waals surface area (Å²) < 4.78 is 37.4. The van der Waals surface area contributed by atoms with Crippen LogP contribution < -0.4 is 21.1 Å². The number of ether oxygens (including phenoxy) is 2. The number of nitrogens with zero attached hydrogens (tertiary/aromatic N) is 3. The van der Waals surface area contributed by atoms with Gasteiger partial charge in [-0.15, -0.1) is 0 Å². The van der Waals surface area contributed by atoms with Crippen molar-refractivity contribution in [2.24, 2.45) is 5.73 Å². The Bertz CT molecular complexity index is 1310. The molecule has 0 aliphatic carbocycles. The third-order valence-electron chi connectivity index (χ3n) is 5.97. The zero-order chi connectivity index (χ0) is 27.5. The number of hydrogen-bond donors (Lipinski definition) is 5. The number of aromatic nitrogens is 3. The minimum absolute atomic E-state index is 0.0782. The van der Waals surface area contributed by atoms with Gasteiger partial charge in [0.05, 0.1) is 12.3 Å². The number of anilines is 1. The number of nitrogen functional groups attached to an aromatic ring is 1. The van der Waals surface area contributed by atoms with Crippen LogP contribution in [0.1, 0.15) is 25.6 Å². The molecule has 3 aromatic rings. The molecule has 14 nitrogen and oxygen atoms in total. The van der Waals surface area contributed by atoms with E-state index in [1.165, 1.54) is 24.7 Å². The molecule has 0 bridgehead atoms. The fourth-order valence-electron chi connectivity index (χ4n) is 3.90. The lowest BCUT2D eigenvalue weighted by atomic mass is 9.97.